The number of carbonyl (C=O) groups excluding carboxylic acids is 2. The van der Waals surface area contributed by atoms with Crippen molar-refractivity contribution >= 4 is 44.4 Å². The van der Waals surface area contributed by atoms with Crippen LogP contribution in [0.1, 0.15) is 51.9 Å². The predicted molar refractivity (Wildman–Crippen MR) is 270 cm³/mol. The molecule has 3 N–H and O–H groups in total. The van der Waals surface area contributed by atoms with Crippen LogP contribution in [-0.2, 0) is 33.7 Å². The molecule has 0 unspecified atom stereocenters. The number of unbranched alkanes of at least 4 members (excludes halogenated alkanes) is 3. The van der Waals surface area contributed by atoms with Gasteiger partial charge in [0.2, 0.25) is 11.8 Å². The van der Waals surface area contributed by atoms with Crippen LogP contribution in [0.5, 0.6) is 34.5 Å². The summed E-state index contributed by atoms with van der Waals surface area (Å²) in [6, 6.07) is 18.6. The van der Waals surface area contributed by atoms with Gasteiger partial charge in [0.15, 0.2) is 17.2 Å². The lowest BCUT2D eigenvalue weighted by Gasteiger charge is -2.35. The number of ether oxygens (including phenoxy) is 5. The fourth-order valence-electron chi connectivity index (χ4n) is 8.05. The molecule has 1 fully saturated rings. The van der Waals surface area contributed by atoms with E-state index in [4.69, 9.17) is 23.7 Å². The second-order valence-electron chi connectivity index (χ2n) is 17.3. The van der Waals surface area contributed by atoms with Crippen LogP contribution in [0.4, 0.5) is 11.5 Å². The van der Waals surface area contributed by atoms with Crippen LogP contribution in [0.3, 0.4) is 0 Å². The number of aromatic nitrogens is 3. The normalized spacial score (nSPS) is 13.0. The molecule has 19 nitrogen and oxygen atoms in total. The van der Waals surface area contributed by atoms with Crippen molar-refractivity contribution in [2.75, 3.05) is 103 Å². The van der Waals surface area contributed by atoms with Crippen molar-refractivity contribution in [1.82, 2.24) is 34.6 Å². The zero-order valence-corrected chi connectivity index (χ0v) is 42.1. The number of methoxy groups -OCH3 is 2. The summed E-state index contributed by atoms with van der Waals surface area (Å²) in [5, 5.41) is 6.04. The number of sulfonamides is 1. The number of amides is 2. The standard InChI is InChI=1S/C50H69N9O10S/c1-7-28-67-37-30-38(32-39(31-37)69-45-35-43-42(56(3)50(62)57(43)4)34-41(45)54-70(63,64)40-17-18-44(65-5)46(33-40)66-6)68-29-14-13-22-55(2)36-49(61)52-20-11-8-9-16-48(60)53-21-23-58-24-26-59(27-25-58)47-15-10-12-19-51-47/h10,12,15,17-19,30-35,54H,7-9,11,13-14,16,20-29,36H2,1-6H3,(H,52,61)(H,53,60). The van der Waals surface area contributed by atoms with Gasteiger partial charge in [-0.15, -0.1) is 0 Å². The van der Waals surface area contributed by atoms with Crippen molar-refractivity contribution in [3.63, 3.8) is 0 Å². The van der Waals surface area contributed by atoms with Crippen LogP contribution in [-0.4, -0.2) is 138 Å². The highest BCUT2D eigenvalue weighted by molar-refractivity contribution is 7.92. The Hall–Kier alpha value is -6.51. The molecule has 3 aromatic carbocycles. The van der Waals surface area contributed by atoms with Gasteiger partial charge in [0.25, 0.3) is 10.0 Å². The van der Waals surface area contributed by atoms with Crippen LogP contribution in [0.25, 0.3) is 11.0 Å². The zero-order valence-electron chi connectivity index (χ0n) is 41.3. The SMILES string of the molecule is CCCOc1cc(OCCCCN(C)CC(=O)NCCCCCC(=O)NCCN2CCN(c3ccccn3)CC2)cc(Oc2cc3c(cc2NS(=O)(=O)c2ccc(OC)c(OC)c2)n(C)c(=O)n3C)c1. The Morgan fingerprint density at radius 1 is 0.743 bits per heavy atom. The highest BCUT2D eigenvalue weighted by atomic mass is 32.2. The number of hydrogen-bond acceptors (Lipinski definition) is 14. The molecule has 0 atom stereocenters. The number of imidazole rings is 1. The van der Waals surface area contributed by atoms with E-state index in [1.165, 1.54) is 41.6 Å². The molecule has 0 bridgehead atoms. The summed E-state index contributed by atoms with van der Waals surface area (Å²) in [6.07, 6.45) is 7.00. The summed E-state index contributed by atoms with van der Waals surface area (Å²) in [5.74, 6) is 3.09. The molecule has 20 heteroatoms. The minimum Gasteiger partial charge on any atom is -0.493 e. The minimum absolute atomic E-state index is 0.0423. The molecule has 380 valence electrons. The Balaban J connectivity index is 0.924. The lowest BCUT2D eigenvalue weighted by atomic mass is 10.2. The third-order valence-electron chi connectivity index (χ3n) is 12.0. The summed E-state index contributed by atoms with van der Waals surface area (Å²) in [5.41, 5.74) is 0.808. The molecule has 1 saturated heterocycles. The van der Waals surface area contributed by atoms with Crippen LogP contribution in [0.2, 0.25) is 0 Å². The maximum atomic E-state index is 13.8. The van der Waals surface area contributed by atoms with Gasteiger partial charge in [0, 0.05) is 103 Å². The molecule has 1 aliphatic rings. The molecule has 2 aromatic heterocycles. The van der Waals surface area contributed by atoms with Gasteiger partial charge >= 0.3 is 5.69 Å². The first-order valence-electron chi connectivity index (χ1n) is 23.9. The van der Waals surface area contributed by atoms with Crippen molar-refractivity contribution in [2.45, 2.75) is 56.8 Å². The molecule has 2 amide bonds. The molecular weight excluding hydrogens is 919 g/mol. The van der Waals surface area contributed by atoms with Gasteiger partial charge < -0.3 is 39.2 Å². The Kier molecular flexibility index (Phi) is 19.6. The van der Waals surface area contributed by atoms with Crippen molar-refractivity contribution in [3.05, 3.63) is 83.4 Å². The molecule has 5 aromatic rings. The van der Waals surface area contributed by atoms with Crippen molar-refractivity contribution in [3.8, 4) is 34.5 Å². The van der Waals surface area contributed by atoms with E-state index in [1.807, 2.05) is 43.3 Å². The maximum Gasteiger partial charge on any atom is 0.328 e. The van der Waals surface area contributed by atoms with Gasteiger partial charge in [0.05, 0.1) is 55.6 Å². The molecule has 0 saturated carbocycles. The van der Waals surface area contributed by atoms with Gasteiger partial charge in [-0.05, 0) is 76.0 Å². The van der Waals surface area contributed by atoms with Crippen LogP contribution < -0.4 is 49.6 Å². The van der Waals surface area contributed by atoms with Gasteiger partial charge in [-0.2, -0.15) is 0 Å². The van der Waals surface area contributed by atoms with Crippen LogP contribution in [0.15, 0.2) is 82.6 Å². The number of carbonyl (C=O) groups is 2. The quantitative estimate of drug-likeness (QED) is 0.0540. The Morgan fingerprint density at radius 3 is 2.14 bits per heavy atom. The van der Waals surface area contributed by atoms with Gasteiger partial charge in [-0.1, -0.05) is 19.4 Å². The number of likely N-dealkylation sites (N-methyl/N-ethyl adjacent to an activating group) is 1. The predicted octanol–water partition coefficient (Wildman–Crippen LogP) is 5.38. The van der Waals surface area contributed by atoms with Crippen molar-refractivity contribution < 1.29 is 41.7 Å². The number of hydrogen-bond donors (Lipinski definition) is 3. The average Bonchev–Trinajstić information content (AvgIpc) is 3.56. The number of anilines is 2. The lowest BCUT2D eigenvalue weighted by molar-refractivity contribution is -0.122. The van der Waals surface area contributed by atoms with E-state index in [1.54, 1.807) is 44.4 Å². The molecule has 3 heterocycles. The molecular formula is C50H69N9O10S. The molecule has 0 aliphatic carbocycles. The van der Waals surface area contributed by atoms with Crippen LogP contribution in [0, 0.1) is 0 Å². The summed E-state index contributed by atoms with van der Waals surface area (Å²) in [4.78, 5) is 49.0. The number of rotatable bonds is 28. The summed E-state index contributed by atoms with van der Waals surface area (Å²) >= 11 is 0. The van der Waals surface area contributed by atoms with Gasteiger partial charge in [0.1, 0.15) is 23.1 Å². The highest BCUT2D eigenvalue weighted by Gasteiger charge is 2.23. The van der Waals surface area contributed by atoms with E-state index in [-0.39, 0.29) is 46.1 Å². The highest BCUT2D eigenvalue weighted by Crippen LogP contribution is 2.38. The Morgan fingerprint density at radius 2 is 1.44 bits per heavy atom. The summed E-state index contributed by atoms with van der Waals surface area (Å²) < 4.78 is 62.4. The first-order chi connectivity index (χ1) is 33.8. The zero-order chi connectivity index (χ0) is 50.0. The molecule has 1 aliphatic heterocycles. The number of fused-ring (bicyclic) bond motifs is 1. The number of aryl methyl sites for hydroxylation is 2. The molecule has 0 spiro atoms. The van der Waals surface area contributed by atoms with Crippen LogP contribution >= 0.6 is 0 Å². The van der Waals surface area contributed by atoms with E-state index in [0.717, 1.165) is 70.6 Å². The van der Waals surface area contributed by atoms with E-state index in [2.05, 4.69) is 30.1 Å². The number of nitrogens with one attached hydrogen (secondary N) is 3. The first kappa shape index (κ1) is 52.9. The summed E-state index contributed by atoms with van der Waals surface area (Å²) in [7, 11) is 3.83. The Bertz CT molecular complexity index is 2670. The third kappa shape index (κ3) is 15.0. The number of pyridine rings is 1. The van der Waals surface area contributed by atoms with E-state index in [9.17, 15) is 22.8 Å². The van der Waals surface area contributed by atoms with E-state index >= 15 is 0 Å². The fourth-order valence-corrected chi connectivity index (χ4v) is 9.12. The maximum absolute atomic E-state index is 13.8. The van der Waals surface area contributed by atoms with E-state index in [0.29, 0.717) is 79.7 Å². The fraction of sp³-hybridized carbons (Fsp3) is 0.480. The number of benzene rings is 3. The monoisotopic (exact) mass is 987 g/mol. The third-order valence-corrected chi connectivity index (χ3v) is 13.3. The molecule has 70 heavy (non-hydrogen) atoms. The second-order valence-corrected chi connectivity index (χ2v) is 19.0. The van der Waals surface area contributed by atoms with Crippen molar-refractivity contribution in [1.29, 1.82) is 0 Å². The second kappa shape index (κ2) is 25.9. The number of piperazine rings is 1. The van der Waals surface area contributed by atoms with Gasteiger partial charge in [-0.3, -0.25) is 33.2 Å². The Labute approximate surface area is 411 Å². The van der Waals surface area contributed by atoms with Crippen molar-refractivity contribution in [2.24, 2.45) is 14.1 Å². The largest absolute Gasteiger partial charge is 0.493 e. The first-order valence-corrected chi connectivity index (χ1v) is 25.4. The lowest BCUT2D eigenvalue weighted by Crippen LogP contribution is -2.48. The van der Waals surface area contributed by atoms with E-state index < -0.39 is 10.0 Å². The number of nitrogens with zero attached hydrogens (tertiary/aromatic N) is 6. The summed E-state index contributed by atoms with van der Waals surface area (Å²) in [6.45, 7) is 9.57. The molecule has 0 radical (unpaired) electrons. The van der Waals surface area contributed by atoms with Gasteiger partial charge in [-0.25, -0.2) is 18.2 Å². The topological polar surface area (TPSA) is 200 Å². The molecule has 6 rings (SSSR count). The minimum atomic E-state index is -4.20. The smallest absolute Gasteiger partial charge is 0.328 e. The average molecular weight is 988 g/mol.